The Bertz CT molecular complexity index is 1130. The summed E-state index contributed by atoms with van der Waals surface area (Å²) in [5.41, 5.74) is 6.68. The molecule has 30 heavy (non-hydrogen) atoms. The van der Waals surface area contributed by atoms with Crippen molar-refractivity contribution in [2.45, 2.75) is 6.92 Å². The number of fused-ring (bicyclic) bond motifs is 2. The van der Waals surface area contributed by atoms with Gasteiger partial charge >= 0.3 is 12.0 Å². The Morgan fingerprint density at radius 1 is 1.13 bits per heavy atom. The van der Waals surface area contributed by atoms with E-state index in [1.54, 1.807) is 49.4 Å². The number of pyridine rings is 1. The summed E-state index contributed by atoms with van der Waals surface area (Å²) in [4.78, 5) is 30.8. The fourth-order valence-corrected chi connectivity index (χ4v) is 3.17. The van der Waals surface area contributed by atoms with Crippen molar-refractivity contribution in [3.05, 3.63) is 48.0 Å². The van der Waals surface area contributed by atoms with Gasteiger partial charge in [-0.2, -0.15) is 0 Å². The number of esters is 1. The average Bonchev–Trinajstić information content (AvgIpc) is 3.19. The van der Waals surface area contributed by atoms with Crippen LogP contribution in [0.1, 0.15) is 17.3 Å². The molecule has 1 aliphatic heterocycles. The summed E-state index contributed by atoms with van der Waals surface area (Å²) < 4.78 is 21.1. The number of primary amides is 1. The first kappa shape index (κ1) is 19.3. The number of benzene rings is 2. The molecule has 4 rings (SSSR count). The number of amides is 2. The maximum atomic E-state index is 12.7. The maximum Gasteiger partial charge on any atom is 0.341 e. The third kappa shape index (κ3) is 3.41. The largest absolute Gasteiger partial charge is 0.497 e. The highest BCUT2D eigenvalue weighted by Gasteiger charge is 2.26. The number of nitrogens with two attached hydrogens (primary N) is 1. The van der Waals surface area contributed by atoms with Crippen molar-refractivity contribution in [2.24, 2.45) is 5.73 Å². The van der Waals surface area contributed by atoms with Gasteiger partial charge in [0, 0.05) is 11.5 Å². The van der Waals surface area contributed by atoms with Gasteiger partial charge in [0.25, 0.3) is 0 Å². The van der Waals surface area contributed by atoms with Gasteiger partial charge in [-0.3, -0.25) is 0 Å². The molecule has 0 radical (unpaired) electrons. The first-order valence-electron chi connectivity index (χ1n) is 9.17. The second-order valence-electron chi connectivity index (χ2n) is 6.35. The molecule has 0 spiro atoms. The Kier molecular flexibility index (Phi) is 5.01. The quantitative estimate of drug-likeness (QED) is 0.643. The first-order valence-corrected chi connectivity index (χ1v) is 9.17. The van der Waals surface area contributed by atoms with E-state index in [0.29, 0.717) is 33.8 Å². The van der Waals surface area contributed by atoms with Crippen LogP contribution >= 0.6 is 0 Å². The molecule has 2 aromatic carbocycles. The second-order valence-corrected chi connectivity index (χ2v) is 6.35. The normalized spacial score (nSPS) is 11.9. The topological polar surface area (TPSA) is 113 Å². The van der Waals surface area contributed by atoms with Gasteiger partial charge in [0.2, 0.25) is 6.79 Å². The monoisotopic (exact) mass is 409 g/mol. The van der Waals surface area contributed by atoms with Crippen LogP contribution in [0.4, 0.5) is 16.3 Å². The van der Waals surface area contributed by atoms with E-state index < -0.39 is 12.0 Å². The van der Waals surface area contributed by atoms with Crippen LogP contribution in [0, 0.1) is 0 Å². The highest BCUT2D eigenvalue weighted by atomic mass is 16.7. The highest BCUT2D eigenvalue weighted by molar-refractivity contribution is 6.07. The highest BCUT2D eigenvalue weighted by Crippen LogP contribution is 2.38. The van der Waals surface area contributed by atoms with Gasteiger partial charge in [-0.05, 0) is 43.3 Å². The first-order chi connectivity index (χ1) is 14.5. The Morgan fingerprint density at radius 2 is 1.83 bits per heavy atom. The average molecular weight is 409 g/mol. The minimum absolute atomic E-state index is 0.0532. The summed E-state index contributed by atoms with van der Waals surface area (Å²) in [5.74, 6) is 1.11. The lowest BCUT2D eigenvalue weighted by atomic mass is 10.1. The molecule has 0 saturated carbocycles. The summed E-state index contributed by atoms with van der Waals surface area (Å²) in [6, 6.07) is 10.8. The van der Waals surface area contributed by atoms with E-state index in [2.05, 4.69) is 4.98 Å². The summed E-state index contributed by atoms with van der Waals surface area (Å²) in [6.45, 7) is 1.96. The number of anilines is 2. The Labute approximate surface area is 171 Å². The van der Waals surface area contributed by atoms with Crippen LogP contribution in [-0.2, 0) is 4.74 Å². The predicted molar refractivity (Wildman–Crippen MR) is 109 cm³/mol. The van der Waals surface area contributed by atoms with E-state index in [0.717, 1.165) is 4.90 Å². The summed E-state index contributed by atoms with van der Waals surface area (Å²) in [6.07, 6.45) is 0. The van der Waals surface area contributed by atoms with Crippen LogP contribution in [0.25, 0.3) is 10.9 Å². The number of carbonyl (C=O) groups is 2. The van der Waals surface area contributed by atoms with Crippen molar-refractivity contribution in [3.8, 4) is 17.2 Å². The van der Waals surface area contributed by atoms with E-state index in [1.807, 2.05) is 0 Å². The zero-order valence-electron chi connectivity index (χ0n) is 16.4. The van der Waals surface area contributed by atoms with Gasteiger partial charge in [0.1, 0.15) is 11.3 Å². The molecule has 0 saturated heterocycles. The molecule has 9 nitrogen and oxygen atoms in total. The third-order valence-electron chi connectivity index (χ3n) is 4.55. The number of carbonyl (C=O) groups excluding carboxylic acids is 2. The molecule has 3 aromatic rings. The predicted octanol–water partition coefficient (Wildman–Crippen LogP) is 3.37. The van der Waals surface area contributed by atoms with Gasteiger partial charge in [-0.1, -0.05) is 0 Å². The Hall–Kier alpha value is -4.01. The van der Waals surface area contributed by atoms with Crippen LogP contribution in [0.5, 0.6) is 17.2 Å². The molecule has 0 unspecified atom stereocenters. The molecular weight excluding hydrogens is 390 g/mol. The van der Waals surface area contributed by atoms with Crippen molar-refractivity contribution in [3.63, 3.8) is 0 Å². The molecule has 0 bridgehead atoms. The zero-order valence-corrected chi connectivity index (χ0v) is 16.4. The van der Waals surface area contributed by atoms with Crippen LogP contribution < -0.4 is 24.8 Å². The lowest BCUT2D eigenvalue weighted by molar-refractivity contribution is 0.0527. The van der Waals surface area contributed by atoms with Crippen LogP contribution in [0.3, 0.4) is 0 Å². The number of nitrogens with zero attached hydrogens (tertiary/aromatic N) is 2. The molecule has 1 aromatic heterocycles. The Balaban J connectivity index is 1.92. The molecule has 0 aliphatic carbocycles. The van der Waals surface area contributed by atoms with Crippen molar-refractivity contribution < 1.29 is 28.5 Å². The fraction of sp³-hybridized carbons (Fsp3) is 0.190. The van der Waals surface area contributed by atoms with E-state index in [1.165, 1.54) is 7.11 Å². The van der Waals surface area contributed by atoms with Gasteiger partial charge in [-0.25, -0.2) is 19.5 Å². The number of hydrogen-bond donors (Lipinski definition) is 1. The van der Waals surface area contributed by atoms with E-state index in [9.17, 15) is 9.59 Å². The smallest absolute Gasteiger partial charge is 0.341 e. The van der Waals surface area contributed by atoms with E-state index >= 15 is 0 Å². The molecule has 154 valence electrons. The lowest BCUT2D eigenvalue weighted by Gasteiger charge is -2.22. The molecular formula is C21H19N3O6. The van der Waals surface area contributed by atoms with Gasteiger partial charge in [0.05, 0.1) is 24.9 Å². The van der Waals surface area contributed by atoms with Crippen molar-refractivity contribution in [2.75, 3.05) is 25.4 Å². The van der Waals surface area contributed by atoms with Gasteiger partial charge in [0.15, 0.2) is 17.3 Å². The number of aromatic nitrogens is 1. The van der Waals surface area contributed by atoms with Crippen molar-refractivity contribution in [1.82, 2.24) is 4.98 Å². The molecule has 2 amide bonds. The number of rotatable bonds is 5. The van der Waals surface area contributed by atoms with Gasteiger partial charge in [-0.15, -0.1) is 0 Å². The number of ether oxygens (including phenoxy) is 4. The number of methoxy groups -OCH3 is 1. The Morgan fingerprint density at radius 3 is 2.47 bits per heavy atom. The van der Waals surface area contributed by atoms with Crippen molar-refractivity contribution in [1.29, 1.82) is 0 Å². The fourth-order valence-electron chi connectivity index (χ4n) is 3.17. The van der Waals surface area contributed by atoms with Crippen LogP contribution in [-0.4, -0.2) is 37.5 Å². The van der Waals surface area contributed by atoms with Crippen molar-refractivity contribution >= 4 is 34.4 Å². The third-order valence-corrected chi connectivity index (χ3v) is 4.55. The molecule has 2 N–H and O–H groups in total. The standard InChI is InChI=1S/C21H19N3O6/c1-3-28-20(25)15-8-12-9-17-18(30-11-29-17)10-16(12)23-19(15)24(21(22)26)13-4-6-14(27-2)7-5-13/h4-10H,3,11H2,1-2H3,(H2,22,26). The van der Waals surface area contributed by atoms with Crippen LogP contribution in [0.2, 0.25) is 0 Å². The van der Waals surface area contributed by atoms with E-state index in [4.69, 9.17) is 24.7 Å². The lowest BCUT2D eigenvalue weighted by Crippen LogP contribution is -2.33. The summed E-state index contributed by atoms with van der Waals surface area (Å²) in [5, 5.41) is 0.630. The second kappa shape index (κ2) is 7.78. The SMILES string of the molecule is CCOC(=O)c1cc2cc3c(cc2nc1N(C(N)=O)c1ccc(OC)cc1)OCO3. The molecule has 0 fully saturated rings. The minimum atomic E-state index is -0.807. The molecule has 0 atom stereocenters. The minimum Gasteiger partial charge on any atom is -0.497 e. The number of hydrogen-bond acceptors (Lipinski definition) is 7. The summed E-state index contributed by atoms with van der Waals surface area (Å²) in [7, 11) is 1.54. The number of urea groups is 1. The summed E-state index contributed by atoms with van der Waals surface area (Å²) >= 11 is 0. The van der Waals surface area contributed by atoms with Gasteiger partial charge < -0.3 is 24.7 Å². The van der Waals surface area contributed by atoms with E-state index in [-0.39, 0.29) is 24.8 Å². The molecule has 1 aliphatic rings. The maximum absolute atomic E-state index is 12.7. The molecule has 2 heterocycles. The zero-order chi connectivity index (χ0) is 21.3. The molecule has 9 heteroatoms. The van der Waals surface area contributed by atoms with Crippen LogP contribution in [0.15, 0.2) is 42.5 Å².